The Morgan fingerprint density at radius 1 is 1.21 bits per heavy atom. The van der Waals surface area contributed by atoms with Crippen molar-refractivity contribution in [3.63, 3.8) is 0 Å². The van der Waals surface area contributed by atoms with Crippen LogP contribution in [-0.2, 0) is 13.1 Å². The zero-order valence-corrected chi connectivity index (χ0v) is 20.1. The molecule has 0 saturated heterocycles. The summed E-state index contributed by atoms with van der Waals surface area (Å²) in [5, 5.41) is 10.7. The quantitative estimate of drug-likeness (QED) is 0.282. The Kier molecular flexibility index (Phi) is 11.8. The second-order valence-corrected chi connectivity index (χ2v) is 6.95. The number of aromatic nitrogens is 1. The number of hydrogen-bond acceptors (Lipinski definition) is 4. The van der Waals surface area contributed by atoms with Gasteiger partial charge in [0.05, 0.1) is 12.2 Å². The number of halogens is 2. The monoisotopic (exact) mass is 517 g/mol. The minimum absolute atomic E-state index is 0. The molecule has 1 aromatic carbocycles. The summed E-state index contributed by atoms with van der Waals surface area (Å²) < 4.78 is 18.4. The maximum Gasteiger partial charge on any atom is 0.191 e. The molecule has 1 aromatic heterocycles. The molecule has 2 rings (SSSR count). The molecule has 2 N–H and O–H groups in total. The van der Waals surface area contributed by atoms with E-state index in [-0.39, 0.29) is 29.8 Å². The smallest absolute Gasteiger partial charge is 0.191 e. The summed E-state index contributed by atoms with van der Waals surface area (Å²) in [5.74, 6) is 1.77. The summed E-state index contributed by atoms with van der Waals surface area (Å²) in [7, 11) is 3.78. The van der Waals surface area contributed by atoms with Crippen LogP contribution >= 0.6 is 24.0 Å². The molecular weight excluding hydrogens is 484 g/mol. The van der Waals surface area contributed by atoms with E-state index in [0.29, 0.717) is 12.5 Å². The van der Waals surface area contributed by atoms with Crippen molar-refractivity contribution in [1.82, 2.24) is 20.7 Å². The second kappa shape index (κ2) is 13.5. The van der Waals surface area contributed by atoms with Gasteiger partial charge in [0.1, 0.15) is 5.82 Å². The van der Waals surface area contributed by atoms with Crippen LogP contribution in [0.5, 0.6) is 0 Å². The van der Waals surface area contributed by atoms with Crippen LogP contribution in [-0.4, -0.2) is 43.2 Å². The van der Waals surface area contributed by atoms with E-state index in [2.05, 4.69) is 39.5 Å². The van der Waals surface area contributed by atoms with Crippen LogP contribution < -0.4 is 10.6 Å². The maximum atomic E-state index is 13.0. The van der Waals surface area contributed by atoms with Crippen molar-refractivity contribution < 1.29 is 8.91 Å². The molecule has 0 aliphatic rings. The van der Waals surface area contributed by atoms with Crippen LogP contribution in [0.4, 0.5) is 4.39 Å². The third-order valence-electron chi connectivity index (χ3n) is 4.79. The first-order valence-corrected chi connectivity index (χ1v) is 9.88. The molecule has 1 heterocycles. The Morgan fingerprint density at radius 3 is 2.52 bits per heavy atom. The molecule has 0 unspecified atom stereocenters. The van der Waals surface area contributed by atoms with Gasteiger partial charge in [-0.05, 0) is 37.6 Å². The number of likely N-dealkylation sites (N-methyl/N-ethyl adjacent to an activating group) is 1. The number of benzene rings is 1. The van der Waals surface area contributed by atoms with Gasteiger partial charge in [0.15, 0.2) is 11.7 Å². The maximum absolute atomic E-state index is 13.0. The SMILES string of the molecule is CCC(CC)c1cc(CNC(=NC)NCCN(C)Cc2ccc(F)cc2)on1.I. The largest absolute Gasteiger partial charge is 0.359 e. The topological polar surface area (TPSA) is 65.7 Å². The van der Waals surface area contributed by atoms with Gasteiger partial charge in [-0.25, -0.2) is 4.39 Å². The van der Waals surface area contributed by atoms with E-state index in [1.54, 1.807) is 7.05 Å². The zero-order chi connectivity index (χ0) is 20.4. The normalized spacial score (nSPS) is 11.6. The van der Waals surface area contributed by atoms with E-state index in [4.69, 9.17) is 4.52 Å². The molecule has 0 fully saturated rings. The van der Waals surface area contributed by atoms with E-state index in [1.165, 1.54) is 12.1 Å². The molecule has 0 radical (unpaired) electrons. The lowest BCUT2D eigenvalue weighted by atomic mass is 9.99. The van der Waals surface area contributed by atoms with Gasteiger partial charge in [-0.1, -0.05) is 31.1 Å². The Morgan fingerprint density at radius 2 is 1.90 bits per heavy atom. The zero-order valence-electron chi connectivity index (χ0n) is 17.7. The highest BCUT2D eigenvalue weighted by Gasteiger charge is 2.13. The number of nitrogens with zero attached hydrogens (tertiary/aromatic N) is 3. The van der Waals surface area contributed by atoms with E-state index in [0.717, 1.165) is 55.5 Å². The van der Waals surface area contributed by atoms with E-state index < -0.39 is 0 Å². The lowest BCUT2D eigenvalue weighted by Crippen LogP contribution is -2.40. The Balaban J connectivity index is 0.00000420. The van der Waals surface area contributed by atoms with Crippen molar-refractivity contribution in [2.75, 3.05) is 27.2 Å². The van der Waals surface area contributed by atoms with Crippen molar-refractivity contribution in [3.8, 4) is 0 Å². The highest BCUT2D eigenvalue weighted by Crippen LogP contribution is 2.22. The average Bonchev–Trinajstić information content (AvgIpc) is 3.16. The third kappa shape index (κ3) is 8.69. The standard InChI is InChI=1S/C21H32FN5O.HI/c1-5-17(6-2)20-13-19(28-26-20)14-25-21(23-3)24-11-12-27(4)15-16-7-9-18(22)10-8-16;/h7-10,13,17H,5-6,11-12,14-15H2,1-4H3,(H2,23,24,25);1H. The lowest BCUT2D eigenvalue weighted by Gasteiger charge is -2.18. The Labute approximate surface area is 190 Å². The van der Waals surface area contributed by atoms with Crippen molar-refractivity contribution in [3.05, 3.63) is 53.2 Å². The summed E-state index contributed by atoms with van der Waals surface area (Å²) in [6.45, 7) is 7.22. The number of rotatable bonds is 10. The second-order valence-electron chi connectivity index (χ2n) is 6.95. The van der Waals surface area contributed by atoms with Gasteiger partial charge < -0.3 is 20.1 Å². The average molecular weight is 517 g/mol. The third-order valence-corrected chi connectivity index (χ3v) is 4.79. The number of aliphatic imine (C=N–C) groups is 1. The van der Waals surface area contributed by atoms with E-state index in [9.17, 15) is 4.39 Å². The molecule has 29 heavy (non-hydrogen) atoms. The number of guanidine groups is 1. The highest BCUT2D eigenvalue weighted by molar-refractivity contribution is 14.0. The summed E-state index contributed by atoms with van der Waals surface area (Å²) in [4.78, 5) is 6.41. The molecule has 0 spiro atoms. The molecule has 0 aliphatic heterocycles. The van der Waals surface area contributed by atoms with Crippen LogP contribution in [0.1, 0.15) is 49.6 Å². The van der Waals surface area contributed by atoms with Crippen LogP contribution in [0.15, 0.2) is 39.8 Å². The predicted molar refractivity (Wildman–Crippen MR) is 126 cm³/mol. The first kappa shape index (κ1) is 25.4. The molecule has 6 nitrogen and oxygen atoms in total. The van der Waals surface area contributed by atoms with Gasteiger partial charge in [0.2, 0.25) is 0 Å². The number of hydrogen-bond donors (Lipinski definition) is 2. The molecule has 0 bridgehead atoms. The minimum Gasteiger partial charge on any atom is -0.359 e. The minimum atomic E-state index is -0.207. The molecule has 8 heteroatoms. The molecule has 0 atom stereocenters. The lowest BCUT2D eigenvalue weighted by molar-refractivity contribution is 0.330. The Bertz CT molecular complexity index is 731. The fourth-order valence-corrected chi connectivity index (χ4v) is 3.05. The number of nitrogens with one attached hydrogen (secondary N) is 2. The van der Waals surface area contributed by atoms with Gasteiger partial charge >= 0.3 is 0 Å². The molecule has 2 aromatic rings. The Hall–Kier alpha value is -1.68. The summed E-state index contributed by atoms with van der Waals surface area (Å²) in [6, 6.07) is 8.63. The van der Waals surface area contributed by atoms with Gasteiger partial charge in [-0.3, -0.25) is 4.99 Å². The first-order valence-electron chi connectivity index (χ1n) is 9.88. The van der Waals surface area contributed by atoms with E-state index in [1.807, 2.05) is 25.2 Å². The van der Waals surface area contributed by atoms with Crippen molar-refractivity contribution >= 4 is 29.9 Å². The predicted octanol–water partition coefficient (Wildman–Crippen LogP) is 4.13. The molecule has 0 amide bonds. The van der Waals surface area contributed by atoms with Crippen molar-refractivity contribution in [2.45, 2.75) is 45.7 Å². The van der Waals surface area contributed by atoms with Gasteiger partial charge in [0.25, 0.3) is 0 Å². The summed E-state index contributed by atoms with van der Waals surface area (Å²) >= 11 is 0. The van der Waals surface area contributed by atoms with Crippen molar-refractivity contribution in [1.29, 1.82) is 0 Å². The van der Waals surface area contributed by atoms with Crippen molar-refractivity contribution in [2.24, 2.45) is 4.99 Å². The highest BCUT2D eigenvalue weighted by atomic mass is 127. The van der Waals surface area contributed by atoms with Gasteiger partial charge in [-0.2, -0.15) is 0 Å². The fraction of sp³-hybridized carbons (Fsp3) is 0.524. The molecule has 0 aliphatic carbocycles. The fourth-order valence-electron chi connectivity index (χ4n) is 3.05. The van der Waals surface area contributed by atoms with Crippen LogP contribution in [0.3, 0.4) is 0 Å². The molecular formula is C21H33FIN5O. The molecule has 0 saturated carbocycles. The van der Waals surface area contributed by atoms with Crippen LogP contribution in [0.2, 0.25) is 0 Å². The van der Waals surface area contributed by atoms with Crippen LogP contribution in [0.25, 0.3) is 0 Å². The van der Waals surface area contributed by atoms with Gasteiger partial charge in [0, 0.05) is 38.7 Å². The van der Waals surface area contributed by atoms with Crippen LogP contribution in [0, 0.1) is 5.82 Å². The van der Waals surface area contributed by atoms with Gasteiger partial charge in [-0.15, -0.1) is 24.0 Å². The summed E-state index contributed by atoms with van der Waals surface area (Å²) in [6.07, 6.45) is 2.12. The van der Waals surface area contributed by atoms with E-state index >= 15 is 0 Å². The first-order chi connectivity index (χ1) is 13.5. The molecule has 162 valence electrons. The summed E-state index contributed by atoms with van der Waals surface area (Å²) in [5.41, 5.74) is 2.11.